The van der Waals surface area contributed by atoms with Gasteiger partial charge in [0.2, 0.25) is 11.8 Å². The third-order valence-corrected chi connectivity index (χ3v) is 4.20. The number of amides is 2. The lowest BCUT2D eigenvalue weighted by atomic mass is 10.1. The van der Waals surface area contributed by atoms with Gasteiger partial charge < -0.3 is 15.5 Å². The Morgan fingerprint density at radius 3 is 2.72 bits per heavy atom. The minimum Gasteiger partial charge on any atom is -0.374 e. The molecule has 130 valence electrons. The van der Waals surface area contributed by atoms with Crippen molar-refractivity contribution < 1.29 is 14.0 Å². The van der Waals surface area contributed by atoms with Crippen molar-refractivity contribution in [3.63, 3.8) is 0 Å². The number of fused-ring (bicyclic) bond motifs is 1. The molecule has 0 saturated carbocycles. The number of hydrogen-bond donors (Lipinski definition) is 2. The van der Waals surface area contributed by atoms with Crippen LogP contribution in [0.2, 0.25) is 0 Å². The van der Waals surface area contributed by atoms with E-state index in [4.69, 9.17) is 0 Å². The SMILES string of the molecule is CC(=O)N1CCc2cc(NC(=O)CNc3ccc(C)cc3F)ccc21. The average molecular weight is 341 g/mol. The molecule has 1 aliphatic heterocycles. The summed E-state index contributed by atoms with van der Waals surface area (Å²) in [6.45, 7) is 3.98. The molecule has 0 fully saturated rings. The van der Waals surface area contributed by atoms with Crippen molar-refractivity contribution in [3.05, 3.63) is 53.3 Å². The Morgan fingerprint density at radius 2 is 2.00 bits per heavy atom. The monoisotopic (exact) mass is 341 g/mol. The number of rotatable bonds is 4. The van der Waals surface area contributed by atoms with Crippen LogP contribution in [0.25, 0.3) is 0 Å². The zero-order valence-electron chi connectivity index (χ0n) is 14.2. The zero-order valence-corrected chi connectivity index (χ0v) is 14.2. The van der Waals surface area contributed by atoms with Gasteiger partial charge in [-0.2, -0.15) is 0 Å². The second kappa shape index (κ2) is 6.93. The maximum atomic E-state index is 13.8. The van der Waals surface area contributed by atoms with Crippen LogP contribution in [0.4, 0.5) is 21.5 Å². The molecule has 0 aliphatic carbocycles. The summed E-state index contributed by atoms with van der Waals surface area (Å²) in [6.07, 6.45) is 0.769. The minimum atomic E-state index is -0.380. The van der Waals surface area contributed by atoms with Gasteiger partial charge in [0.15, 0.2) is 0 Å². The van der Waals surface area contributed by atoms with Crippen molar-refractivity contribution in [2.75, 3.05) is 28.6 Å². The predicted octanol–water partition coefficient (Wildman–Crippen LogP) is 3.09. The van der Waals surface area contributed by atoms with Crippen LogP contribution in [0.15, 0.2) is 36.4 Å². The van der Waals surface area contributed by atoms with Gasteiger partial charge in [0.1, 0.15) is 5.82 Å². The van der Waals surface area contributed by atoms with Crippen molar-refractivity contribution in [1.29, 1.82) is 0 Å². The number of aryl methyl sites for hydroxylation is 1. The maximum absolute atomic E-state index is 13.8. The van der Waals surface area contributed by atoms with Crippen molar-refractivity contribution in [2.24, 2.45) is 0 Å². The van der Waals surface area contributed by atoms with Crippen LogP contribution < -0.4 is 15.5 Å². The lowest BCUT2D eigenvalue weighted by molar-refractivity contribution is -0.116. The highest BCUT2D eigenvalue weighted by Crippen LogP contribution is 2.30. The Kier molecular flexibility index (Phi) is 4.70. The van der Waals surface area contributed by atoms with Crippen LogP contribution in [-0.4, -0.2) is 24.9 Å². The van der Waals surface area contributed by atoms with E-state index in [1.807, 2.05) is 12.1 Å². The van der Waals surface area contributed by atoms with Crippen LogP contribution in [-0.2, 0) is 16.0 Å². The number of benzene rings is 2. The fourth-order valence-electron chi connectivity index (χ4n) is 2.95. The van der Waals surface area contributed by atoms with Gasteiger partial charge in [-0.25, -0.2) is 4.39 Å². The molecule has 0 radical (unpaired) electrons. The highest BCUT2D eigenvalue weighted by molar-refractivity contribution is 5.96. The fraction of sp³-hybridized carbons (Fsp3) is 0.263. The smallest absolute Gasteiger partial charge is 0.243 e. The van der Waals surface area contributed by atoms with E-state index in [9.17, 15) is 14.0 Å². The Morgan fingerprint density at radius 1 is 1.20 bits per heavy atom. The summed E-state index contributed by atoms with van der Waals surface area (Å²) in [6, 6.07) is 10.3. The van der Waals surface area contributed by atoms with E-state index in [2.05, 4.69) is 10.6 Å². The number of carbonyl (C=O) groups is 2. The van der Waals surface area contributed by atoms with Gasteiger partial charge in [0.05, 0.1) is 12.2 Å². The summed E-state index contributed by atoms with van der Waals surface area (Å²) in [5, 5.41) is 5.58. The van der Waals surface area contributed by atoms with Gasteiger partial charge in [-0.15, -0.1) is 0 Å². The lowest BCUT2D eigenvalue weighted by Crippen LogP contribution is -2.25. The van der Waals surface area contributed by atoms with Crippen LogP contribution in [0.5, 0.6) is 0 Å². The van der Waals surface area contributed by atoms with Crippen molar-refractivity contribution in [1.82, 2.24) is 0 Å². The molecule has 0 saturated heterocycles. The standard InChI is InChI=1S/C19H20FN3O2/c1-12-3-5-17(16(20)9-12)21-11-19(25)22-15-4-6-18-14(10-15)7-8-23(18)13(2)24/h3-6,9-10,21H,7-8,11H2,1-2H3,(H,22,25). The first-order valence-corrected chi connectivity index (χ1v) is 8.15. The number of nitrogens with one attached hydrogen (secondary N) is 2. The second-order valence-corrected chi connectivity index (χ2v) is 6.15. The van der Waals surface area contributed by atoms with Crippen LogP contribution in [0.1, 0.15) is 18.1 Å². The molecule has 1 heterocycles. The molecule has 2 aromatic rings. The quantitative estimate of drug-likeness (QED) is 0.898. The van der Waals surface area contributed by atoms with E-state index >= 15 is 0 Å². The van der Waals surface area contributed by atoms with Gasteiger partial charge in [0.25, 0.3) is 0 Å². The third-order valence-electron chi connectivity index (χ3n) is 4.20. The number of carbonyl (C=O) groups excluding carboxylic acids is 2. The molecular weight excluding hydrogens is 321 g/mol. The average Bonchev–Trinajstić information content (AvgIpc) is 2.97. The molecule has 0 bridgehead atoms. The summed E-state index contributed by atoms with van der Waals surface area (Å²) in [4.78, 5) is 25.4. The molecule has 25 heavy (non-hydrogen) atoms. The lowest BCUT2D eigenvalue weighted by Gasteiger charge is -2.15. The van der Waals surface area contributed by atoms with Gasteiger partial charge in [-0.05, 0) is 54.8 Å². The maximum Gasteiger partial charge on any atom is 0.243 e. The van der Waals surface area contributed by atoms with E-state index in [-0.39, 0.29) is 24.2 Å². The molecule has 0 unspecified atom stereocenters. The first kappa shape index (κ1) is 17.0. The zero-order chi connectivity index (χ0) is 18.0. The van der Waals surface area contributed by atoms with Crippen LogP contribution in [0, 0.1) is 12.7 Å². The highest BCUT2D eigenvalue weighted by Gasteiger charge is 2.22. The van der Waals surface area contributed by atoms with Crippen molar-refractivity contribution in [2.45, 2.75) is 20.3 Å². The molecule has 3 rings (SSSR count). The molecule has 5 nitrogen and oxygen atoms in total. The summed E-state index contributed by atoms with van der Waals surface area (Å²) in [5.74, 6) is -0.629. The Hall–Kier alpha value is -2.89. The summed E-state index contributed by atoms with van der Waals surface area (Å²) < 4.78 is 13.8. The van der Waals surface area contributed by atoms with E-state index in [0.717, 1.165) is 23.2 Å². The van der Waals surface area contributed by atoms with Gasteiger partial charge in [-0.3, -0.25) is 9.59 Å². The second-order valence-electron chi connectivity index (χ2n) is 6.15. The highest BCUT2D eigenvalue weighted by atomic mass is 19.1. The third kappa shape index (κ3) is 3.79. The topological polar surface area (TPSA) is 61.4 Å². The first-order chi connectivity index (χ1) is 11.9. The van der Waals surface area contributed by atoms with Crippen molar-refractivity contribution >= 4 is 28.9 Å². The molecule has 2 amide bonds. The molecule has 2 N–H and O–H groups in total. The molecule has 2 aromatic carbocycles. The molecule has 1 aliphatic rings. The van der Waals surface area contributed by atoms with Crippen LogP contribution >= 0.6 is 0 Å². The molecule has 0 aromatic heterocycles. The minimum absolute atomic E-state index is 0.0138. The number of hydrogen-bond acceptors (Lipinski definition) is 3. The molecule has 6 heteroatoms. The van der Waals surface area contributed by atoms with E-state index in [0.29, 0.717) is 17.9 Å². The van der Waals surface area contributed by atoms with Crippen molar-refractivity contribution in [3.8, 4) is 0 Å². The van der Waals surface area contributed by atoms with E-state index < -0.39 is 0 Å². The molecular formula is C19H20FN3O2. The van der Waals surface area contributed by atoms with Gasteiger partial charge in [0, 0.05) is 24.8 Å². The van der Waals surface area contributed by atoms with Gasteiger partial charge in [-0.1, -0.05) is 6.07 Å². The summed E-state index contributed by atoms with van der Waals surface area (Å²) in [5.41, 5.74) is 3.72. The van der Waals surface area contributed by atoms with E-state index in [1.165, 1.54) is 6.07 Å². The summed E-state index contributed by atoms with van der Waals surface area (Å²) in [7, 11) is 0. The Bertz CT molecular complexity index is 835. The predicted molar refractivity (Wildman–Crippen MR) is 96.4 cm³/mol. The number of halogens is 1. The van der Waals surface area contributed by atoms with Crippen LogP contribution in [0.3, 0.4) is 0 Å². The number of nitrogens with zero attached hydrogens (tertiary/aromatic N) is 1. The number of anilines is 3. The van der Waals surface area contributed by atoms with E-state index in [1.54, 1.807) is 36.9 Å². The largest absolute Gasteiger partial charge is 0.374 e. The van der Waals surface area contributed by atoms with Gasteiger partial charge >= 0.3 is 0 Å². The Labute approximate surface area is 145 Å². The summed E-state index contributed by atoms with van der Waals surface area (Å²) >= 11 is 0. The Balaban J connectivity index is 1.61. The first-order valence-electron chi connectivity index (χ1n) is 8.15. The molecule has 0 spiro atoms. The fourth-order valence-corrected chi connectivity index (χ4v) is 2.95. The molecule has 0 atom stereocenters. The normalized spacial score (nSPS) is 12.7.